The van der Waals surface area contributed by atoms with Crippen molar-refractivity contribution in [3.05, 3.63) is 0 Å². The van der Waals surface area contributed by atoms with Crippen molar-refractivity contribution in [3.8, 4) is 0 Å². The third-order valence-electron chi connectivity index (χ3n) is 4.30. The number of carboxylic acid groups (broad SMARTS) is 1. The molecule has 0 aliphatic carbocycles. The zero-order valence-corrected chi connectivity index (χ0v) is 18.1. The standard InChI is InChI=1S/C19H40N2O4S/c1-5-6-7-8-9-10-11-12-13-14-15-26(24,25)20-18(16-19(22)23)17-21(2,3)4/h18,20H,5-17H2,1-4H3/p+1. The van der Waals surface area contributed by atoms with E-state index in [0.717, 1.165) is 12.8 Å². The van der Waals surface area contributed by atoms with Crippen LogP contribution in [0, 0.1) is 0 Å². The molecule has 0 radical (unpaired) electrons. The van der Waals surface area contributed by atoms with Gasteiger partial charge in [-0.3, -0.25) is 4.79 Å². The molecule has 0 bridgehead atoms. The summed E-state index contributed by atoms with van der Waals surface area (Å²) in [5, 5.41) is 9.00. The third kappa shape index (κ3) is 16.8. The lowest BCUT2D eigenvalue weighted by atomic mass is 10.1. The van der Waals surface area contributed by atoms with Gasteiger partial charge in [0.2, 0.25) is 10.0 Å². The molecule has 0 aromatic carbocycles. The minimum absolute atomic E-state index is 0.0801. The van der Waals surface area contributed by atoms with Crippen molar-refractivity contribution in [1.82, 2.24) is 4.72 Å². The van der Waals surface area contributed by atoms with Gasteiger partial charge in [0.05, 0.1) is 45.9 Å². The first-order valence-electron chi connectivity index (χ1n) is 10.1. The van der Waals surface area contributed by atoms with Gasteiger partial charge in [-0.05, 0) is 6.42 Å². The second-order valence-electron chi connectivity index (χ2n) is 8.39. The average Bonchev–Trinajstić information content (AvgIpc) is 2.46. The Bertz CT molecular complexity index is 472. The molecule has 1 atom stereocenters. The molecule has 6 nitrogen and oxygen atoms in total. The van der Waals surface area contributed by atoms with Crippen molar-refractivity contribution in [2.24, 2.45) is 0 Å². The average molecular weight is 394 g/mol. The molecule has 0 fully saturated rings. The predicted molar refractivity (Wildman–Crippen MR) is 108 cm³/mol. The lowest BCUT2D eigenvalue weighted by molar-refractivity contribution is -0.871. The summed E-state index contributed by atoms with van der Waals surface area (Å²) in [4.78, 5) is 11.0. The molecule has 0 spiro atoms. The van der Waals surface area contributed by atoms with Gasteiger partial charge < -0.3 is 9.59 Å². The molecular weight excluding hydrogens is 352 g/mol. The maximum absolute atomic E-state index is 12.2. The first-order chi connectivity index (χ1) is 12.1. The molecule has 0 aromatic heterocycles. The highest BCUT2D eigenvalue weighted by atomic mass is 32.2. The molecule has 0 saturated carbocycles. The van der Waals surface area contributed by atoms with E-state index in [2.05, 4.69) is 11.6 Å². The molecule has 7 heteroatoms. The van der Waals surface area contributed by atoms with Gasteiger partial charge >= 0.3 is 5.97 Å². The van der Waals surface area contributed by atoms with Gasteiger partial charge in [0.25, 0.3) is 0 Å². The maximum Gasteiger partial charge on any atom is 0.305 e. The topological polar surface area (TPSA) is 83.5 Å². The fourth-order valence-electron chi connectivity index (χ4n) is 3.11. The molecule has 1 unspecified atom stereocenters. The van der Waals surface area contributed by atoms with Crippen molar-refractivity contribution in [1.29, 1.82) is 0 Å². The van der Waals surface area contributed by atoms with E-state index in [4.69, 9.17) is 5.11 Å². The van der Waals surface area contributed by atoms with Crippen LogP contribution in [-0.2, 0) is 14.8 Å². The number of hydrogen-bond acceptors (Lipinski definition) is 3. The third-order valence-corrected chi connectivity index (χ3v) is 5.82. The normalized spacial score (nSPS) is 13.7. The Hall–Kier alpha value is -0.660. The van der Waals surface area contributed by atoms with Crippen molar-refractivity contribution in [2.75, 3.05) is 33.4 Å². The summed E-state index contributed by atoms with van der Waals surface area (Å²) >= 11 is 0. The minimum atomic E-state index is -3.43. The molecule has 0 rings (SSSR count). The molecule has 156 valence electrons. The quantitative estimate of drug-likeness (QED) is 0.293. The number of nitrogens with one attached hydrogen (secondary N) is 1. The van der Waals surface area contributed by atoms with Crippen molar-refractivity contribution < 1.29 is 22.8 Å². The van der Waals surface area contributed by atoms with Crippen LogP contribution in [0.5, 0.6) is 0 Å². The second kappa shape index (κ2) is 13.5. The zero-order valence-electron chi connectivity index (χ0n) is 17.3. The van der Waals surface area contributed by atoms with Gasteiger partial charge in [-0.2, -0.15) is 0 Å². The van der Waals surface area contributed by atoms with Gasteiger partial charge in [-0.1, -0.05) is 64.7 Å². The monoisotopic (exact) mass is 393 g/mol. The summed E-state index contributed by atoms with van der Waals surface area (Å²) in [5.74, 6) is -0.901. The molecule has 0 saturated heterocycles. The van der Waals surface area contributed by atoms with E-state index < -0.39 is 22.0 Å². The number of hydrogen-bond donors (Lipinski definition) is 2. The Balaban J connectivity index is 4.02. The van der Waals surface area contributed by atoms with E-state index in [0.29, 0.717) is 17.4 Å². The zero-order chi connectivity index (χ0) is 20.1. The summed E-state index contributed by atoms with van der Waals surface area (Å²) in [6.07, 6.45) is 11.3. The van der Waals surface area contributed by atoms with E-state index in [9.17, 15) is 13.2 Å². The second-order valence-corrected chi connectivity index (χ2v) is 10.3. The number of likely N-dealkylation sites (N-methyl/N-ethyl adjacent to an activating group) is 1. The van der Waals surface area contributed by atoms with E-state index in [1.165, 1.54) is 44.9 Å². The molecular formula is C19H41N2O4S+. The van der Waals surface area contributed by atoms with Gasteiger partial charge in [-0.25, -0.2) is 13.1 Å². The number of carbonyl (C=O) groups is 1. The van der Waals surface area contributed by atoms with Gasteiger partial charge in [-0.15, -0.1) is 0 Å². The van der Waals surface area contributed by atoms with Gasteiger partial charge in [0.1, 0.15) is 0 Å². The highest BCUT2D eigenvalue weighted by Crippen LogP contribution is 2.11. The smallest absolute Gasteiger partial charge is 0.305 e. The lowest BCUT2D eigenvalue weighted by Gasteiger charge is -2.29. The largest absolute Gasteiger partial charge is 0.481 e. The number of sulfonamides is 1. The molecule has 0 aliphatic rings. The van der Waals surface area contributed by atoms with Crippen molar-refractivity contribution in [3.63, 3.8) is 0 Å². The molecule has 0 aromatic rings. The summed E-state index contributed by atoms with van der Waals surface area (Å²) < 4.78 is 27.6. The van der Waals surface area contributed by atoms with Crippen molar-refractivity contribution >= 4 is 16.0 Å². The van der Waals surface area contributed by atoms with Crippen LogP contribution in [-0.4, -0.2) is 63.5 Å². The molecule has 0 aliphatic heterocycles. The minimum Gasteiger partial charge on any atom is -0.481 e. The summed E-state index contributed by atoms with van der Waals surface area (Å²) in [7, 11) is 2.34. The molecule has 0 amide bonds. The number of quaternary nitrogens is 1. The van der Waals surface area contributed by atoms with E-state index in [1.54, 1.807) is 0 Å². The van der Waals surface area contributed by atoms with Gasteiger partial charge in [0.15, 0.2) is 0 Å². The highest BCUT2D eigenvalue weighted by Gasteiger charge is 2.25. The highest BCUT2D eigenvalue weighted by molar-refractivity contribution is 7.89. The van der Waals surface area contributed by atoms with Gasteiger partial charge in [0, 0.05) is 0 Å². The number of nitrogens with zero attached hydrogens (tertiary/aromatic N) is 1. The van der Waals surface area contributed by atoms with Crippen LogP contribution in [0.15, 0.2) is 0 Å². The van der Waals surface area contributed by atoms with E-state index in [1.807, 2.05) is 21.1 Å². The summed E-state index contributed by atoms with van der Waals surface area (Å²) in [6.45, 7) is 2.67. The van der Waals surface area contributed by atoms with Crippen LogP contribution in [0.25, 0.3) is 0 Å². The van der Waals surface area contributed by atoms with Crippen molar-refractivity contribution in [2.45, 2.75) is 83.6 Å². The van der Waals surface area contributed by atoms with E-state index in [-0.39, 0.29) is 12.2 Å². The number of carboxylic acids is 1. The van der Waals surface area contributed by atoms with Crippen LogP contribution in [0.4, 0.5) is 0 Å². The SMILES string of the molecule is CCCCCCCCCCCCS(=O)(=O)NC(CC(=O)O)C[N+](C)(C)C. The predicted octanol–water partition coefficient (Wildman–Crippen LogP) is 3.38. The molecule has 2 N–H and O–H groups in total. The molecule has 0 heterocycles. The Labute approximate surface area is 161 Å². The fraction of sp³-hybridized carbons (Fsp3) is 0.947. The number of aliphatic carboxylic acids is 1. The van der Waals surface area contributed by atoms with Crippen LogP contribution < -0.4 is 4.72 Å². The van der Waals surface area contributed by atoms with Crippen LogP contribution in [0.2, 0.25) is 0 Å². The Morgan fingerprint density at radius 3 is 1.81 bits per heavy atom. The van der Waals surface area contributed by atoms with Crippen LogP contribution in [0.1, 0.15) is 77.6 Å². The Morgan fingerprint density at radius 1 is 0.923 bits per heavy atom. The lowest BCUT2D eigenvalue weighted by Crippen LogP contribution is -2.50. The first kappa shape index (κ1) is 25.3. The number of rotatable bonds is 17. The Kier molecular flexibility index (Phi) is 13.2. The summed E-state index contributed by atoms with van der Waals surface area (Å²) in [5.41, 5.74) is 0. The van der Waals surface area contributed by atoms with Crippen LogP contribution in [0.3, 0.4) is 0 Å². The maximum atomic E-state index is 12.2. The first-order valence-corrected chi connectivity index (χ1v) is 11.7. The summed E-state index contributed by atoms with van der Waals surface area (Å²) in [6, 6.07) is -0.569. The molecule has 26 heavy (non-hydrogen) atoms. The fourth-order valence-corrected chi connectivity index (χ4v) is 4.48. The van der Waals surface area contributed by atoms with E-state index >= 15 is 0 Å². The Morgan fingerprint density at radius 2 is 1.38 bits per heavy atom. The number of unbranched alkanes of at least 4 members (excludes halogenated alkanes) is 9. The van der Waals surface area contributed by atoms with Crippen LogP contribution >= 0.6 is 0 Å².